The number of aryl methyl sites for hydroxylation is 1. The SMILES string of the molecule is CCCC(NC)C(CC)Sc1nnc(C)n1C. The summed E-state index contributed by atoms with van der Waals surface area (Å²) in [5.41, 5.74) is 0. The lowest BCUT2D eigenvalue weighted by Gasteiger charge is -2.24. The van der Waals surface area contributed by atoms with Gasteiger partial charge in [-0.25, -0.2) is 0 Å². The lowest BCUT2D eigenvalue weighted by atomic mass is 10.1. The molecule has 1 heterocycles. The summed E-state index contributed by atoms with van der Waals surface area (Å²) in [6.07, 6.45) is 3.56. The van der Waals surface area contributed by atoms with Crippen LogP contribution in [-0.4, -0.2) is 33.1 Å². The Morgan fingerprint density at radius 2 is 2.06 bits per heavy atom. The van der Waals surface area contributed by atoms with Gasteiger partial charge in [0.1, 0.15) is 5.82 Å². The van der Waals surface area contributed by atoms with E-state index in [1.807, 2.05) is 32.8 Å². The molecule has 1 aromatic heterocycles. The Morgan fingerprint density at radius 3 is 2.47 bits per heavy atom. The molecule has 0 amide bonds. The summed E-state index contributed by atoms with van der Waals surface area (Å²) in [7, 11) is 4.07. The number of thioether (sulfide) groups is 1. The van der Waals surface area contributed by atoms with Crippen molar-refractivity contribution in [3.8, 4) is 0 Å². The van der Waals surface area contributed by atoms with E-state index in [1.165, 1.54) is 12.8 Å². The molecule has 0 fully saturated rings. The van der Waals surface area contributed by atoms with Crippen molar-refractivity contribution in [3.63, 3.8) is 0 Å². The van der Waals surface area contributed by atoms with Gasteiger partial charge in [0, 0.05) is 18.3 Å². The van der Waals surface area contributed by atoms with E-state index in [-0.39, 0.29) is 0 Å². The molecular weight excluding hydrogens is 232 g/mol. The highest BCUT2D eigenvalue weighted by Gasteiger charge is 2.21. The Hall–Kier alpha value is -0.550. The van der Waals surface area contributed by atoms with Gasteiger partial charge in [0.2, 0.25) is 0 Å². The largest absolute Gasteiger partial charge is 0.316 e. The molecule has 0 aliphatic heterocycles. The third-order valence-electron chi connectivity index (χ3n) is 3.13. The third kappa shape index (κ3) is 3.71. The van der Waals surface area contributed by atoms with E-state index in [0.717, 1.165) is 17.4 Å². The number of nitrogens with one attached hydrogen (secondary N) is 1. The quantitative estimate of drug-likeness (QED) is 0.761. The smallest absolute Gasteiger partial charge is 0.191 e. The minimum absolute atomic E-state index is 0.548. The maximum Gasteiger partial charge on any atom is 0.191 e. The first kappa shape index (κ1) is 14.5. The molecule has 1 N–H and O–H groups in total. The summed E-state index contributed by atoms with van der Waals surface area (Å²) < 4.78 is 2.06. The fourth-order valence-electron chi connectivity index (χ4n) is 1.90. The highest BCUT2D eigenvalue weighted by molar-refractivity contribution is 7.99. The van der Waals surface area contributed by atoms with Gasteiger partial charge in [0.15, 0.2) is 5.16 Å². The number of aromatic nitrogens is 3. The van der Waals surface area contributed by atoms with Crippen molar-refractivity contribution < 1.29 is 0 Å². The Kier molecular flexibility index (Phi) is 5.98. The van der Waals surface area contributed by atoms with Gasteiger partial charge in [0.25, 0.3) is 0 Å². The van der Waals surface area contributed by atoms with Crippen molar-refractivity contribution >= 4 is 11.8 Å². The van der Waals surface area contributed by atoms with E-state index in [1.54, 1.807) is 0 Å². The number of hydrogen-bond donors (Lipinski definition) is 1. The van der Waals surface area contributed by atoms with E-state index >= 15 is 0 Å². The lowest BCUT2D eigenvalue weighted by Crippen LogP contribution is -2.35. The van der Waals surface area contributed by atoms with Crippen molar-refractivity contribution in [2.75, 3.05) is 7.05 Å². The molecule has 0 aliphatic carbocycles. The number of rotatable bonds is 7. The molecule has 0 saturated carbocycles. The van der Waals surface area contributed by atoms with Crippen LogP contribution in [-0.2, 0) is 7.05 Å². The highest BCUT2D eigenvalue weighted by atomic mass is 32.2. The molecule has 0 radical (unpaired) electrons. The zero-order valence-electron chi connectivity index (χ0n) is 11.5. The molecule has 1 aromatic rings. The molecule has 4 nitrogen and oxygen atoms in total. The topological polar surface area (TPSA) is 42.7 Å². The van der Waals surface area contributed by atoms with E-state index in [4.69, 9.17) is 0 Å². The summed E-state index contributed by atoms with van der Waals surface area (Å²) in [5.74, 6) is 0.971. The van der Waals surface area contributed by atoms with E-state index in [9.17, 15) is 0 Å². The first-order valence-electron chi connectivity index (χ1n) is 6.33. The molecule has 5 heteroatoms. The fraction of sp³-hybridized carbons (Fsp3) is 0.833. The summed E-state index contributed by atoms with van der Waals surface area (Å²) in [6.45, 7) is 6.45. The minimum Gasteiger partial charge on any atom is -0.316 e. The van der Waals surface area contributed by atoms with Crippen molar-refractivity contribution in [3.05, 3.63) is 5.82 Å². The average molecular weight is 256 g/mol. The van der Waals surface area contributed by atoms with Crippen LogP contribution in [0.5, 0.6) is 0 Å². The maximum atomic E-state index is 4.23. The molecule has 0 bridgehead atoms. The van der Waals surface area contributed by atoms with Gasteiger partial charge in [-0.1, -0.05) is 32.0 Å². The second-order valence-electron chi connectivity index (χ2n) is 4.34. The van der Waals surface area contributed by atoms with Crippen molar-refractivity contribution in [2.45, 2.75) is 56.5 Å². The first-order chi connectivity index (χ1) is 8.13. The van der Waals surface area contributed by atoms with Crippen molar-refractivity contribution in [1.29, 1.82) is 0 Å². The Balaban J connectivity index is 2.71. The van der Waals surface area contributed by atoms with E-state index < -0.39 is 0 Å². The summed E-state index contributed by atoms with van der Waals surface area (Å²) in [4.78, 5) is 0. The van der Waals surface area contributed by atoms with Crippen LogP contribution in [0.4, 0.5) is 0 Å². The predicted molar refractivity (Wildman–Crippen MR) is 73.4 cm³/mol. The van der Waals surface area contributed by atoms with Crippen molar-refractivity contribution in [1.82, 2.24) is 20.1 Å². The lowest BCUT2D eigenvalue weighted by molar-refractivity contribution is 0.489. The molecule has 0 aromatic carbocycles. The van der Waals surface area contributed by atoms with Gasteiger partial charge < -0.3 is 9.88 Å². The maximum absolute atomic E-state index is 4.23. The molecule has 2 atom stereocenters. The first-order valence-corrected chi connectivity index (χ1v) is 7.21. The van der Waals surface area contributed by atoms with Crippen LogP contribution in [0.15, 0.2) is 5.16 Å². The zero-order valence-corrected chi connectivity index (χ0v) is 12.3. The Labute approximate surface area is 109 Å². The van der Waals surface area contributed by atoms with Crippen LogP contribution in [0.3, 0.4) is 0 Å². The van der Waals surface area contributed by atoms with Crippen LogP contribution in [0.1, 0.15) is 38.9 Å². The molecule has 98 valence electrons. The number of nitrogens with zero attached hydrogens (tertiary/aromatic N) is 3. The van der Waals surface area contributed by atoms with Crippen molar-refractivity contribution in [2.24, 2.45) is 7.05 Å². The second kappa shape index (κ2) is 7.01. The molecular formula is C12H24N4S. The number of hydrogen-bond acceptors (Lipinski definition) is 4. The van der Waals surface area contributed by atoms with E-state index in [2.05, 4.69) is 33.9 Å². The summed E-state index contributed by atoms with van der Waals surface area (Å²) in [6, 6.07) is 0.548. The summed E-state index contributed by atoms with van der Waals surface area (Å²) in [5, 5.41) is 13.3. The van der Waals surface area contributed by atoms with Gasteiger partial charge in [-0.15, -0.1) is 10.2 Å². The van der Waals surface area contributed by atoms with Gasteiger partial charge in [0.05, 0.1) is 0 Å². The standard InChI is InChI=1S/C12H24N4S/c1-6-8-10(13-4)11(7-2)17-12-15-14-9(3)16(12)5/h10-11,13H,6-8H2,1-5H3. The van der Waals surface area contributed by atoms with Gasteiger partial charge in [-0.2, -0.15) is 0 Å². The van der Waals surface area contributed by atoms with Crippen LogP contribution < -0.4 is 5.32 Å². The molecule has 0 saturated heterocycles. The molecule has 2 unspecified atom stereocenters. The predicted octanol–water partition coefficient (Wildman–Crippen LogP) is 2.38. The molecule has 1 rings (SSSR count). The minimum atomic E-state index is 0.548. The van der Waals surface area contributed by atoms with Gasteiger partial charge in [-0.3, -0.25) is 0 Å². The fourth-order valence-corrected chi connectivity index (χ4v) is 3.15. The van der Waals surface area contributed by atoms with Gasteiger partial charge in [-0.05, 0) is 26.8 Å². The van der Waals surface area contributed by atoms with Crippen LogP contribution in [0, 0.1) is 6.92 Å². The Morgan fingerprint density at radius 1 is 1.35 bits per heavy atom. The highest BCUT2D eigenvalue weighted by Crippen LogP contribution is 2.27. The summed E-state index contributed by atoms with van der Waals surface area (Å²) >= 11 is 1.84. The van der Waals surface area contributed by atoms with Crippen LogP contribution >= 0.6 is 11.8 Å². The monoisotopic (exact) mass is 256 g/mol. The normalized spacial score (nSPS) is 14.9. The zero-order chi connectivity index (χ0) is 12.8. The van der Waals surface area contributed by atoms with E-state index in [0.29, 0.717) is 11.3 Å². The van der Waals surface area contributed by atoms with Crippen LogP contribution in [0.25, 0.3) is 0 Å². The molecule has 17 heavy (non-hydrogen) atoms. The third-order valence-corrected chi connectivity index (χ3v) is 4.66. The Bertz CT molecular complexity index is 337. The van der Waals surface area contributed by atoms with Crippen LogP contribution in [0.2, 0.25) is 0 Å². The van der Waals surface area contributed by atoms with Gasteiger partial charge >= 0.3 is 0 Å². The average Bonchev–Trinajstić information content (AvgIpc) is 2.65. The second-order valence-corrected chi connectivity index (χ2v) is 5.54. The molecule has 0 spiro atoms. The molecule has 0 aliphatic rings.